The van der Waals surface area contributed by atoms with Gasteiger partial charge in [0, 0.05) is 21.1 Å². The van der Waals surface area contributed by atoms with E-state index in [1.54, 1.807) is 18.2 Å². The first kappa shape index (κ1) is 16.4. The first-order valence-electron chi connectivity index (χ1n) is 5.98. The Morgan fingerprint density at radius 2 is 1.67 bits per heavy atom. The van der Waals surface area contributed by atoms with Gasteiger partial charge in [-0.1, -0.05) is 33.6 Å². The zero-order chi connectivity index (χ0) is 15.6. The molecule has 0 N–H and O–H groups in total. The summed E-state index contributed by atoms with van der Waals surface area (Å²) in [4.78, 5) is 0. The first-order chi connectivity index (χ1) is 9.97. The molecule has 0 heterocycles. The summed E-state index contributed by atoms with van der Waals surface area (Å²) < 4.78 is 25.2. The fourth-order valence-electron chi connectivity index (χ4n) is 1.94. The zero-order valence-corrected chi connectivity index (χ0v) is 14.4. The van der Waals surface area contributed by atoms with Crippen LogP contribution >= 0.6 is 39.1 Å². The number of benzene rings is 2. The predicted octanol–water partition coefficient (Wildman–Crippen LogP) is 5.59. The summed E-state index contributed by atoms with van der Waals surface area (Å²) in [5.74, 6) is 0.275. The van der Waals surface area contributed by atoms with Crippen molar-refractivity contribution in [1.82, 2.24) is 0 Å². The molecule has 0 amide bonds. The lowest BCUT2D eigenvalue weighted by Gasteiger charge is -2.16. The van der Waals surface area contributed by atoms with E-state index in [0.29, 0.717) is 32.1 Å². The Morgan fingerprint density at radius 1 is 1.05 bits per heavy atom. The zero-order valence-electron chi connectivity index (χ0n) is 11.3. The average Bonchev–Trinajstić information content (AvgIpc) is 2.46. The monoisotopic (exact) mass is 392 g/mol. The van der Waals surface area contributed by atoms with Crippen LogP contribution in [0.1, 0.15) is 16.5 Å². The van der Waals surface area contributed by atoms with Crippen molar-refractivity contribution in [3.8, 4) is 11.5 Å². The van der Waals surface area contributed by atoms with Crippen LogP contribution < -0.4 is 9.47 Å². The summed E-state index contributed by atoms with van der Waals surface area (Å²) in [5, 5.41) is -0.112. The van der Waals surface area contributed by atoms with E-state index in [2.05, 4.69) is 15.9 Å². The second kappa shape index (κ2) is 6.86. The minimum absolute atomic E-state index is 0.303. The fraction of sp³-hybridized carbons (Fsp3) is 0.200. The Kier molecular flexibility index (Phi) is 5.36. The highest BCUT2D eigenvalue weighted by atomic mass is 79.9. The van der Waals surface area contributed by atoms with Crippen LogP contribution in [-0.2, 0) is 0 Å². The molecule has 0 aromatic heterocycles. The molecule has 21 heavy (non-hydrogen) atoms. The van der Waals surface area contributed by atoms with Crippen LogP contribution in [0.15, 0.2) is 34.8 Å². The molecular weight excluding hydrogens is 382 g/mol. The maximum atomic E-state index is 14.2. The van der Waals surface area contributed by atoms with Crippen LogP contribution in [0.4, 0.5) is 4.39 Å². The Labute approximate surface area is 140 Å². The lowest BCUT2D eigenvalue weighted by Crippen LogP contribution is -2.01. The van der Waals surface area contributed by atoms with Gasteiger partial charge in [0.15, 0.2) is 11.5 Å². The molecular formula is C15H12BrCl2FO2. The molecule has 0 radical (unpaired) electrons. The molecule has 2 aromatic carbocycles. The highest BCUT2D eigenvalue weighted by molar-refractivity contribution is 9.10. The lowest BCUT2D eigenvalue weighted by atomic mass is 10.0. The van der Waals surface area contributed by atoms with Gasteiger partial charge >= 0.3 is 0 Å². The van der Waals surface area contributed by atoms with Crippen molar-refractivity contribution in [1.29, 1.82) is 0 Å². The fourth-order valence-corrected chi connectivity index (χ4v) is 3.34. The third-order valence-electron chi connectivity index (χ3n) is 3.01. The molecule has 0 aliphatic heterocycles. The molecule has 2 aromatic rings. The molecule has 0 bridgehead atoms. The first-order valence-corrected chi connectivity index (χ1v) is 7.59. The van der Waals surface area contributed by atoms with Crippen molar-refractivity contribution in [3.63, 3.8) is 0 Å². The van der Waals surface area contributed by atoms with Crippen molar-refractivity contribution in [3.05, 3.63) is 56.8 Å². The highest BCUT2D eigenvalue weighted by Gasteiger charge is 2.21. The Balaban J connectivity index is 2.50. The Morgan fingerprint density at radius 3 is 2.24 bits per heavy atom. The van der Waals surface area contributed by atoms with Gasteiger partial charge in [-0.2, -0.15) is 0 Å². The van der Waals surface area contributed by atoms with Crippen LogP contribution in [0, 0.1) is 5.82 Å². The van der Waals surface area contributed by atoms with Gasteiger partial charge in [-0.15, -0.1) is 11.6 Å². The molecule has 1 unspecified atom stereocenters. The summed E-state index contributed by atoms with van der Waals surface area (Å²) in [7, 11) is 2.94. The van der Waals surface area contributed by atoms with E-state index in [1.165, 1.54) is 26.4 Å². The summed E-state index contributed by atoms with van der Waals surface area (Å²) in [6, 6.07) is 7.96. The van der Waals surface area contributed by atoms with Gasteiger partial charge in [0.1, 0.15) is 5.82 Å². The largest absolute Gasteiger partial charge is 0.493 e. The second-order valence-electron chi connectivity index (χ2n) is 4.26. The van der Waals surface area contributed by atoms with E-state index < -0.39 is 11.2 Å². The van der Waals surface area contributed by atoms with E-state index >= 15 is 0 Å². The SMILES string of the molecule is COc1cc(F)c(C(Cl)c2ccc(Cl)cc2Br)cc1OC. The molecule has 0 aliphatic carbocycles. The Bertz CT molecular complexity index is 664. The van der Waals surface area contributed by atoms with Crippen LogP contribution in [0.5, 0.6) is 11.5 Å². The van der Waals surface area contributed by atoms with Gasteiger partial charge in [-0.25, -0.2) is 4.39 Å². The van der Waals surface area contributed by atoms with Gasteiger partial charge in [-0.3, -0.25) is 0 Å². The van der Waals surface area contributed by atoms with Crippen molar-refractivity contribution in [2.45, 2.75) is 5.38 Å². The van der Waals surface area contributed by atoms with Crippen molar-refractivity contribution >= 4 is 39.1 Å². The van der Waals surface area contributed by atoms with Crippen LogP contribution in [0.3, 0.4) is 0 Å². The normalized spacial score (nSPS) is 12.1. The van der Waals surface area contributed by atoms with Crippen LogP contribution in [0.2, 0.25) is 5.02 Å². The molecule has 2 nitrogen and oxygen atoms in total. The smallest absolute Gasteiger partial charge is 0.163 e. The number of hydrogen-bond donors (Lipinski definition) is 0. The summed E-state index contributed by atoms with van der Waals surface area (Å²) in [6.45, 7) is 0. The average molecular weight is 394 g/mol. The summed E-state index contributed by atoms with van der Waals surface area (Å²) in [5.41, 5.74) is 1.02. The lowest BCUT2D eigenvalue weighted by molar-refractivity contribution is 0.351. The third kappa shape index (κ3) is 3.44. The minimum Gasteiger partial charge on any atom is -0.493 e. The topological polar surface area (TPSA) is 18.5 Å². The van der Waals surface area contributed by atoms with Gasteiger partial charge in [0.05, 0.1) is 19.6 Å². The van der Waals surface area contributed by atoms with Crippen molar-refractivity contribution in [2.24, 2.45) is 0 Å². The number of halogens is 4. The van der Waals surface area contributed by atoms with E-state index in [1.807, 2.05) is 0 Å². The van der Waals surface area contributed by atoms with Gasteiger partial charge < -0.3 is 9.47 Å². The van der Waals surface area contributed by atoms with Crippen molar-refractivity contribution in [2.75, 3.05) is 14.2 Å². The van der Waals surface area contributed by atoms with Crippen LogP contribution in [0.25, 0.3) is 0 Å². The molecule has 2 rings (SSSR count). The number of methoxy groups -OCH3 is 2. The third-order valence-corrected chi connectivity index (χ3v) is 4.40. The molecule has 0 saturated heterocycles. The molecule has 0 aliphatic rings. The number of rotatable bonds is 4. The highest BCUT2D eigenvalue weighted by Crippen LogP contribution is 2.40. The number of ether oxygens (including phenoxy) is 2. The van der Waals surface area contributed by atoms with Gasteiger partial charge in [-0.05, 0) is 23.8 Å². The van der Waals surface area contributed by atoms with E-state index in [0.717, 1.165) is 0 Å². The van der Waals surface area contributed by atoms with E-state index in [9.17, 15) is 4.39 Å². The van der Waals surface area contributed by atoms with Gasteiger partial charge in [0.2, 0.25) is 0 Å². The maximum absolute atomic E-state index is 14.2. The van der Waals surface area contributed by atoms with Crippen molar-refractivity contribution < 1.29 is 13.9 Å². The molecule has 6 heteroatoms. The molecule has 0 fully saturated rings. The Hall–Kier alpha value is -0.970. The molecule has 112 valence electrons. The second-order valence-corrected chi connectivity index (χ2v) is 5.98. The molecule has 0 spiro atoms. The number of alkyl halides is 1. The molecule has 1 atom stereocenters. The standard InChI is InChI=1S/C15H12BrCl2FO2/c1-20-13-6-10(12(19)7-14(13)21-2)15(18)9-4-3-8(17)5-11(9)16/h3-7,15H,1-2H3. The van der Waals surface area contributed by atoms with Crippen LogP contribution in [-0.4, -0.2) is 14.2 Å². The quantitative estimate of drug-likeness (QED) is 0.630. The van der Waals surface area contributed by atoms with E-state index in [-0.39, 0.29) is 0 Å². The summed E-state index contributed by atoms with van der Waals surface area (Å²) >= 11 is 15.7. The minimum atomic E-state index is -0.684. The number of hydrogen-bond acceptors (Lipinski definition) is 2. The maximum Gasteiger partial charge on any atom is 0.163 e. The summed E-state index contributed by atoms with van der Waals surface area (Å²) in [6.07, 6.45) is 0. The van der Waals surface area contributed by atoms with Gasteiger partial charge in [0.25, 0.3) is 0 Å². The predicted molar refractivity (Wildman–Crippen MR) is 86.4 cm³/mol. The van der Waals surface area contributed by atoms with E-state index in [4.69, 9.17) is 32.7 Å². The molecule has 0 saturated carbocycles.